The van der Waals surface area contributed by atoms with Gasteiger partial charge in [0.2, 0.25) is 0 Å². The van der Waals surface area contributed by atoms with Gasteiger partial charge in [0.25, 0.3) is 0 Å². The molecule has 0 amide bonds. The van der Waals surface area contributed by atoms with Crippen LogP contribution in [0.3, 0.4) is 0 Å². The van der Waals surface area contributed by atoms with E-state index in [9.17, 15) is 0 Å². The second kappa shape index (κ2) is 6.39. The Balaban J connectivity index is 0.000000980. The van der Waals surface area contributed by atoms with Gasteiger partial charge in [0.1, 0.15) is 0 Å². The number of rotatable bonds is 1. The molecule has 15 heavy (non-hydrogen) atoms. The number of aliphatic imine (C=N–C) groups is 1. The maximum atomic E-state index is 4.50. The van der Waals surface area contributed by atoms with Crippen molar-refractivity contribution in [3.8, 4) is 0 Å². The maximum Gasteiger partial charge on any atom is 3.00 e. The van der Waals surface area contributed by atoms with Crippen LogP contribution in [0.2, 0.25) is 0 Å². The first-order chi connectivity index (χ1) is 6.31. The largest absolute Gasteiger partial charge is 3.00 e. The van der Waals surface area contributed by atoms with Gasteiger partial charge < -0.3 is 12.3 Å². The average molecular weight is 277 g/mol. The Labute approximate surface area is 118 Å². The minimum absolute atomic E-state index is 0. The quantitative estimate of drug-likeness (QED) is 0.721. The summed E-state index contributed by atoms with van der Waals surface area (Å²) < 4.78 is 0. The average Bonchev–Trinajstić information content (AvgIpc) is 2.59. The molecule has 1 aromatic carbocycles. The fourth-order valence-electron chi connectivity index (χ4n) is 1.48. The van der Waals surface area contributed by atoms with E-state index in [-0.39, 0.29) is 40.1 Å². The van der Waals surface area contributed by atoms with E-state index in [1.807, 2.05) is 17.0 Å². The first-order valence-corrected chi connectivity index (χ1v) is 4.54. The maximum absolute atomic E-state index is 4.50. The number of nitrogens with zero attached hydrogens (tertiary/aromatic N) is 2. The Bertz CT molecular complexity index is 347. The monoisotopic (exact) mass is 277 g/mol. The summed E-state index contributed by atoms with van der Waals surface area (Å²) in [5, 5.41) is 0. The van der Waals surface area contributed by atoms with Gasteiger partial charge in [0.05, 0.1) is 11.5 Å². The molecular weight excluding hydrogens is 261 g/mol. The normalized spacial score (nSPS) is 12.0. The molecule has 3 heteroatoms. The van der Waals surface area contributed by atoms with Gasteiger partial charge in [-0.3, -0.25) is 7.05 Å². The first kappa shape index (κ1) is 14.8. The van der Waals surface area contributed by atoms with Crippen molar-refractivity contribution < 1.29 is 32.7 Å². The van der Waals surface area contributed by atoms with Crippen LogP contribution in [0, 0.1) is 14.5 Å². The zero-order valence-electron chi connectivity index (χ0n) is 9.40. The molecule has 0 radical (unpaired) electrons. The number of hydrogen-bond acceptors (Lipinski definition) is 2. The number of likely N-dealkylation sites (N-methyl/N-ethyl adjacent to an activating group) is 1. The Hall–Kier alpha value is -0.206. The molecule has 0 bridgehead atoms. The zero-order valence-corrected chi connectivity index (χ0v) is 12.2. The van der Waals surface area contributed by atoms with E-state index in [0.717, 1.165) is 24.5 Å². The van der Waals surface area contributed by atoms with Crippen LogP contribution in [0.1, 0.15) is 12.5 Å². The summed E-state index contributed by atoms with van der Waals surface area (Å²) in [6, 6.07) is 8.24. The second-order valence-electron chi connectivity index (χ2n) is 3.19. The Morgan fingerprint density at radius 2 is 2.07 bits per heavy atom. The summed E-state index contributed by atoms with van der Waals surface area (Å²) in [6.07, 6.45) is 0.924. The van der Waals surface area contributed by atoms with Crippen LogP contribution >= 0.6 is 0 Å². The molecule has 0 aromatic heterocycles. The molecule has 76 valence electrons. The summed E-state index contributed by atoms with van der Waals surface area (Å²) in [5.74, 6) is 1.07. The van der Waals surface area contributed by atoms with E-state index >= 15 is 0 Å². The van der Waals surface area contributed by atoms with Crippen LogP contribution in [0.25, 0.3) is 0 Å². The molecule has 0 spiro atoms. The predicted molar refractivity (Wildman–Crippen MR) is 61.4 cm³/mol. The smallest absolute Gasteiger partial charge is 0.513 e. The molecule has 0 unspecified atom stereocenters. The summed E-state index contributed by atoms with van der Waals surface area (Å²) in [4.78, 5) is 6.45. The molecule has 0 saturated heterocycles. The van der Waals surface area contributed by atoms with Crippen LogP contribution < -0.4 is 0 Å². The Kier molecular flexibility index (Phi) is 6.30. The van der Waals surface area contributed by atoms with Gasteiger partial charge in [-0.05, 0) is 18.2 Å². The number of benzene rings is 1. The standard InChI is InChI=1S/C11H13N2.CH3.Y/c1-3-13(2)11-8-9-6-4-5-7-10(9)12-11;;/h4-7H,2-3,8H2,1H3;1H3;/q2*-1;+3. The zero-order chi connectivity index (χ0) is 9.26. The predicted octanol–water partition coefficient (Wildman–Crippen LogP) is 2.83. The van der Waals surface area contributed by atoms with E-state index in [1.54, 1.807) is 0 Å². The molecule has 0 aliphatic carbocycles. The Morgan fingerprint density at radius 3 is 2.67 bits per heavy atom. The molecule has 1 aromatic rings. The van der Waals surface area contributed by atoms with Crippen LogP contribution in [-0.4, -0.2) is 17.3 Å². The van der Waals surface area contributed by atoms with Crippen molar-refractivity contribution in [2.45, 2.75) is 13.3 Å². The van der Waals surface area contributed by atoms with Crippen molar-refractivity contribution in [1.82, 2.24) is 4.90 Å². The molecular formula is C12H16N2Y+. The summed E-state index contributed by atoms with van der Waals surface area (Å²) in [5.41, 5.74) is 2.40. The second-order valence-corrected chi connectivity index (χ2v) is 3.19. The van der Waals surface area contributed by atoms with Crippen molar-refractivity contribution in [2.75, 3.05) is 6.54 Å². The van der Waals surface area contributed by atoms with E-state index < -0.39 is 0 Å². The van der Waals surface area contributed by atoms with E-state index in [0.29, 0.717) is 0 Å². The van der Waals surface area contributed by atoms with Gasteiger partial charge in [0.15, 0.2) is 0 Å². The summed E-state index contributed by atoms with van der Waals surface area (Å²) in [7, 11) is 3.92. The molecule has 0 fully saturated rings. The van der Waals surface area contributed by atoms with Gasteiger partial charge in [0, 0.05) is 6.42 Å². The van der Waals surface area contributed by atoms with Crippen molar-refractivity contribution in [1.29, 1.82) is 0 Å². The third-order valence-electron chi connectivity index (χ3n) is 2.34. The molecule has 0 atom stereocenters. The van der Waals surface area contributed by atoms with Gasteiger partial charge >= 0.3 is 32.7 Å². The van der Waals surface area contributed by atoms with Gasteiger partial charge in [-0.15, -0.1) is 0 Å². The van der Waals surface area contributed by atoms with Crippen molar-refractivity contribution in [2.24, 2.45) is 4.99 Å². The van der Waals surface area contributed by atoms with E-state index in [2.05, 4.69) is 31.1 Å². The number of para-hydroxylation sites is 1. The van der Waals surface area contributed by atoms with Crippen LogP contribution in [0.4, 0.5) is 5.69 Å². The third-order valence-corrected chi connectivity index (χ3v) is 2.34. The molecule has 1 aliphatic heterocycles. The minimum atomic E-state index is 0. The van der Waals surface area contributed by atoms with Gasteiger partial charge in [-0.2, -0.15) is 0 Å². The van der Waals surface area contributed by atoms with Crippen LogP contribution in [0.5, 0.6) is 0 Å². The Morgan fingerprint density at radius 1 is 1.40 bits per heavy atom. The third kappa shape index (κ3) is 3.12. The fraction of sp³-hybridized carbons (Fsp3) is 0.250. The number of fused-ring (bicyclic) bond motifs is 1. The molecule has 1 aliphatic rings. The SMILES string of the molecule is [CH2-]N(CC)C1=Nc2ccccc2C1.[CH3-].[Y+3]. The number of hydrogen-bond donors (Lipinski definition) is 0. The van der Waals surface area contributed by atoms with Gasteiger partial charge in [-0.1, -0.05) is 25.1 Å². The van der Waals surface area contributed by atoms with E-state index in [4.69, 9.17) is 0 Å². The summed E-state index contributed by atoms with van der Waals surface area (Å²) in [6.45, 7) is 2.99. The molecule has 0 N–H and O–H groups in total. The van der Waals surface area contributed by atoms with E-state index in [1.165, 1.54) is 5.56 Å². The fourth-order valence-corrected chi connectivity index (χ4v) is 1.48. The summed E-state index contributed by atoms with van der Waals surface area (Å²) >= 11 is 0. The number of amidine groups is 1. The van der Waals surface area contributed by atoms with Crippen LogP contribution in [0.15, 0.2) is 29.3 Å². The molecule has 1 heterocycles. The van der Waals surface area contributed by atoms with Gasteiger partial charge in [-0.25, -0.2) is 4.99 Å². The molecule has 2 nitrogen and oxygen atoms in total. The minimum Gasteiger partial charge on any atom is -0.513 e. The van der Waals surface area contributed by atoms with Crippen molar-refractivity contribution in [3.63, 3.8) is 0 Å². The molecule has 2 rings (SSSR count). The van der Waals surface area contributed by atoms with Crippen molar-refractivity contribution in [3.05, 3.63) is 44.3 Å². The topological polar surface area (TPSA) is 15.6 Å². The molecule has 0 saturated carbocycles. The van der Waals surface area contributed by atoms with Crippen LogP contribution in [-0.2, 0) is 39.1 Å². The van der Waals surface area contributed by atoms with Crippen molar-refractivity contribution >= 4 is 11.5 Å². The first-order valence-electron chi connectivity index (χ1n) is 4.54.